The van der Waals surface area contributed by atoms with Crippen molar-refractivity contribution < 1.29 is 4.74 Å². The molecule has 0 bridgehead atoms. The van der Waals surface area contributed by atoms with Crippen LogP contribution in [0.1, 0.15) is 33.1 Å². The van der Waals surface area contributed by atoms with Gasteiger partial charge in [0.1, 0.15) is 0 Å². The van der Waals surface area contributed by atoms with E-state index in [0.29, 0.717) is 6.10 Å². The van der Waals surface area contributed by atoms with Crippen molar-refractivity contribution in [3.8, 4) is 0 Å². The molecular formula is C11H24ClNO. The molecule has 0 atom stereocenters. The zero-order valence-electron chi connectivity index (χ0n) is 9.76. The molecule has 0 spiro atoms. The lowest BCUT2D eigenvalue weighted by molar-refractivity contribution is 0.0636. The fourth-order valence-electron chi connectivity index (χ4n) is 1.21. The van der Waals surface area contributed by atoms with Crippen molar-refractivity contribution in [1.82, 2.24) is 4.90 Å². The molecule has 2 nitrogen and oxygen atoms in total. The van der Waals surface area contributed by atoms with Gasteiger partial charge in [0, 0.05) is 12.4 Å². The van der Waals surface area contributed by atoms with E-state index in [0.717, 1.165) is 32.0 Å². The Morgan fingerprint density at radius 1 is 1.14 bits per heavy atom. The lowest BCUT2D eigenvalue weighted by atomic mass is 10.2. The van der Waals surface area contributed by atoms with Crippen LogP contribution in [-0.4, -0.2) is 43.6 Å². The molecule has 0 N–H and O–H groups in total. The Bertz CT molecular complexity index is 120. The molecule has 0 aliphatic heterocycles. The molecule has 0 unspecified atom stereocenters. The SMILES string of the molecule is CC(C)OCCN(C)CCCCCCl. The predicted octanol–water partition coefficient (Wildman–Crippen LogP) is 2.75. The summed E-state index contributed by atoms with van der Waals surface area (Å²) in [5.74, 6) is 0.792. The standard InChI is InChI=1S/C11H24ClNO/c1-11(2)14-10-9-13(3)8-6-4-5-7-12/h11H,4-10H2,1-3H3. The Balaban J connectivity index is 3.15. The molecule has 86 valence electrons. The summed E-state index contributed by atoms with van der Waals surface area (Å²) in [6.45, 7) is 7.15. The fourth-order valence-corrected chi connectivity index (χ4v) is 1.40. The summed E-state index contributed by atoms with van der Waals surface area (Å²) in [6.07, 6.45) is 3.96. The average molecular weight is 222 g/mol. The third-order valence-electron chi connectivity index (χ3n) is 2.10. The second kappa shape index (κ2) is 9.75. The highest BCUT2D eigenvalue weighted by atomic mass is 35.5. The molecule has 0 amide bonds. The molecule has 0 aromatic carbocycles. The van der Waals surface area contributed by atoms with Crippen molar-refractivity contribution in [1.29, 1.82) is 0 Å². The van der Waals surface area contributed by atoms with Gasteiger partial charge in [-0.1, -0.05) is 6.42 Å². The smallest absolute Gasteiger partial charge is 0.0596 e. The van der Waals surface area contributed by atoms with Crippen LogP contribution in [0, 0.1) is 0 Å². The third-order valence-corrected chi connectivity index (χ3v) is 2.36. The van der Waals surface area contributed by atoms with Crippen molar-refractivity contribution in [2.75, 3.05) is 32.6 Å². The number of unbranched alkanes of at least 4 members (excludes halogenated alkanes) is 2. The van der Waals surface area contributed by atoms with E-state index in [1.807, 2.05) is 0 Å². The van der Waals surface area contributed by atoms with Gasteiger partial charge in [0.25, 0.3) is 0 Å². The number of nitrogens with zero attached hydrogens (tertiary/aromatic N) is 1. The summed E-state index contributed by atoms with van der Waals surface area (Å²) in [6, 6.07) is 0. The molecule has 0 saturated heterocycles. The first-order valence-corrected chi connectivity index (χ1v) is 6.06. The molecule has 0 fully saturated rings. The second-order valence-corrected chi connectivity index (χ2v) is 4.35. The average Bonchev–Trinajstić information content (AvgIpc) is 2.12. The highest BCUT2D eigenvalue weighted by Crippen LogP contribution is 1.99. The van der Waals surface area contributed by atoms with Crippen LogP contribution in [0.15, 0.2) is 0 Å². The maximum Gasteiger partial charge on any atom is 0.0596 e. The summed E-state index contributed by atoms with van der Waals surface area (Å²) in [5.41, 5.74) is 0. The van der Waals surface area contributed by atoms with Crippen LogP contribution >= 0.6 is 11.6 Å². The van der Waals surface area contributed by atoms with Gasteiger partial charge in [-0.25, -0.2) is 0 Å². The van der Waals surface area contributed by atoms with E-state index in [4.69, 9.17) is 16.3 Å². The molecular weight excluding hydrogens is 198 g/mol. The van der Waals surface area contributed by atoms with Gasteiger partial charge >= 0.3 is 0 Å². The van der Waals surface area contributed by atoms with Crippen LogP contribution < -0.4 is 0 Å². The lowest BCUT2D eigenvalue weighted by Crippen LogP contribution is -2.25. The van der Waals surface area contributed by atoms with Crippen LogP contribution in [0.3, 0.4) is 0 Å². The monoisotopic (exact) mass is 221 g/mol. The third kappa shape index (κ3) is 10.3. The van der Waals surface area contributed by atoms with Crippen LogP contribution in [0.2, 0.25) is 0 Å². The van der Waals surface area contributed by atoms with Crippen LogP contribution in [0.25, 0.3) is 0 Å². The number of halogens is 1. The van der Waals surface area contributed by atoms with E-state index < -0.39 is 0 Å². The first kappa shape index (κ1) is 14.2. The van der Waals surface area contributed by atoms with Gasteiger partial charge in [-0.05, 0) is 40.3 Å². The highest BCUT2D eigenvalue weighted by molar-refractivity contribution is 6.17. The lowest BCUT2D eigenvalue weighted by Gasteiger charge is -2.17. The summed E-state index contributed by atoms with van der Waals surface area (Å²) in [5, 5.41) is 0. The zero-order valence-corrected chi connectivity index (χ0v) is 10.5. The minimum absolute atomic E-state index is 0.347. The summed E-state index contributed by atoms with van der Waals surface area (Å²) in [7, 11) is 2.14. The van der Waals surface area contributed by atoms with Gasteiger partial charge in [0.2, 0.25) is 0 Å². The molecule has 14 heavy (non-hydrogen) atoms. The van der Waals surface area contributed by atoms with Crippen LogP contribution in [0.5, 0.6) is 0 Å². The van der Waals surface area contributed by atoms with Crippen molar-refractivity contribution >= 4 is 11.6 Å². The number of hydrogen-bond acceptors (Lipinski definition) is 2. The van der Waals surface area contributed by atoms with Gasteiger partial charge in [-0.2, -0.15) is 0 Å². The fraction of sp³-hybridized carbons (Fsp3) is 1.00. The van der Waals surface area contributed by atoms with E-state index in [1.54, 1.807) is 0 Å². The molecule has 3 heteroatoms. The number of ether oxygens (including phenoxy) is 1. The Morgan fingerprint density at radius 3 is 2.43 bits per heavy atom. The van der Waals surface area contributed by atoms with Gasteiger partial charge in [-0.15, -0.1) is 11.6 Å². The Morgan fingerprint density at radius 2 is 1.86 bits per heavy atom. The number of alkyl halides is 1. The largest absolute Gasteiger partial charge is 0.377 e. The summed E-state index contributed by atoms with van der Waals surface area (Å²) in [4.78, 5) is 2.32. The van der Waals surface area contributed by atoms with E-state index in [-0.39, 0.29) is 0 Å². The molecule has 0 saturated carbocycles. The number of hydrogen-bond donors (Lipinski definition) is 0. The molecule has 0 aromatic heterocycles. The zero-order chi connectivity index (χ0) is 10.8. The van der Waals surface area contributed by atoms with Crippen molar-refractivity contribution in [2.24, 2.45) is 0 Å². The van der Waals surface area contributed by atoms with Gasteiger partial charge in [0.05, 0.1) is 12.7 Å². The normalized spacial score (nSPS) is 11.6. The molecule has 0 aliphatic carbocycles. The quantitative estimate of drug-likeness (QED) is 0.439. The first-order valence-electron chi connectivity index (χ1n) is 5.53. The number of likely N-dealkylation sites (N-methyl/N-ethyl adjacent to an activating group) is 1. The van der Waals surface area contributed by atoms with E-state index >= 15 is 0 Å². The Kier molecular flexibility index (Phi) is 9.90. The predicted molar refractivity (Wildman–Crippen MR) is 63.2 cm³/mol. The molecule has 0 aliphatic rings. The topological polar surface area (TPSA) is 12.5 Å². The van der Waals surface area contributed by atoms with Gasteiger partial charge < -0.3 is 9.64 Å². The minimum Gasteiger partial charge on any atom is -0.377 e. The maximum absolute atomic E-state index is 5.60. The Hall–Kier alpha value is 0.210. The first-order chi connectivity index (χ1) is 6.66. The molecule has 0 aromatic rings. The molecule has 0 heterocycles. The van der Waals surface area contributed by atoms with Crippen molar-refractivity contribution in [3.05, 3.63) is 0 Å². The van der Waals surface area contributed by atoms with Crippen molar-refractivity contribution in [3.63, 3.8) is 0 Å². The Labute approximate surface area is 93.6 Å². The van der Waals surface area contributed by atoms with Crippen LogP contribution in [-0.2, 0) is 4.74 Å². The van der Waals surface area contributed by atoms with Gasteiger partial charge in [0.15, 0.2) is 0 Å². The second-order valence-electron chi connectivity index (χ2n) is 3.97. The van der Waals surface area contributed by atoms with E-state index in [1.165, 1.54) is 12.8 Å². The summed E-state index contributed by atoms with van der Waals surface area (Å²) >= 11 is 5.60. The maximum atomic E-state index is 5.60. The van der Waals surface area contributed by atoms with E-state index in [2.05, 4.69) is 25.8 Å². The van der Waals surface area contributed by atoms with Crippen LogP contribution in [0.4, 0.5) is 0 Å². The molecule has 0 radical (unpaired) electrons. The molecule has 0 rings (SSSR count). The minimum atomic E-state index is 0.347. The van der Waals surface area contributed by atoms with Gasteiger partial charge in [-0.3, -0.25) is 0 Å². The summed E-state index contributed by atoms with van der Waals surface area (Å²) < 4.78 is 5.48. The van der Waals surface area contributed by atoms with Crippen molar-refractivity contribution in [2.45, 2.75) is 39.2 Å². The highest BCUT2D eigenvalue weighted by Gasteiger charge is 1.99. The van der Waals surface area contributed by atoms with E-state index in [9.17, 15) is 0 Å². The number of rotatable bonds is 9.